The zero-order valence-corrected chi connectivity index (χ0v) is 11.6. The van der Waals surface area contributed by atoms with Gasteiger partial charge in [0, 0.05) is 22.3 Å². The van der Waals surface area contributed by atoms with E-state index in [1.54, 1.807) is 18.2 Å². The smallest absolute Gasteiger partial charge is 0.128 e. The van der Waals surface area contributed by atoms with Gasteiger partial charge in [0.05, 0.1) is 25.0 Å². The number of ether oxygens (including phenoxy) is 1. The fourth-order valence-corrected chi connectivity index (χ4v) is 3.57. The second kappa shape index (κ2) is 5.91. The van der Waals surface area contributed by atoms with Crippen LogP contribution in [0.4, 0.5) is 4.39 Å². The highest BCUT2D eigenvalue weighted by Gasteiger charge is 2.42. The van der Waals surface area contributed by atoms with Gasteiger partial charge in [0.2, 0.25) is 0 Å². The quantitative estimate of drug-likeness (QED) is 0.919. The molecule has 0 spiro atoms. The van der Waals surface area contributed by atoms with Gasteiger partial charge in [-0.2, -0.15) is 5.26 Å². The summed E-state index contributed by atoms with van der Waals surface area (Å²) >= 11 is 1.53. The molecule has 0 radical (unpaired) electrons. The highest BCUT2D eigenvalue weighted by Crippen LogP contribution is 2.38. The van der Waals surface area contributed by atoms with Gasteiger partial charge >= 0.3 is 0 Å². The summed E-state index contributed by atoms with van der Waals surface area (Å²) in [6.45, 7) is 2.91. The summed E-state index contributed by atoms with van der Waals surface area (Å²) in [5.41, 5.74) is 6.10. The molecule has 3 atom stereocenters. The van der Waals surface area contributed by atoms with Crippen molar-refractivity contribution in [3.63, 3.8) is 0 Å². The third kappa shape index (κ3) is 2.92. The molecule has 2 N–H and O–H groups in total. The lowest BCUT2D eigenvalue weighted by molar-refractivity contribution is 0.165. The minimum absolute atomic E-state index is 0.00255. The van der Waals surface area contributed by atoms with E-state index in [1.165, 1.54) is 17.8 Å². The van der Waals surface area contributed by atoms with Gasteiger partial charge in [0.1, 0.15) is 5.82 Å². The maximum Gasteiger partial charge on any atom is 0.128 e. The molecule has 5 heteroatoms. The minimum Gasteiger partial charge on any atom is -0.380 e. The van der Waals surface area contributed by atoms with Crippen LogP contribution in [0, 0.1) is 23.1 Å². The molecule has 1 aliphatic heterocycles. The third-order valence-electron chi connectivity index (χ3n) is 3.61. The normalized spacial score (nSPS) is 25.8. The standard InChI is InChI=1S/C14H17FN2OS/c1-14(17,10-4-2-3-5-12(10)15)11-8-18-9-13(11)19-7-6-16/h2-5,11,13H,7-9,17H2,1H3/t11-,13+,14-/m1/s1. The number of nitriles is 1. The van der Waals surface area contributed by atoms with E-state index >= 15 is 0 Å². The Morgan fingerprint density at radius 3 is 2.95 bits per heavy atom. The SMILES string of the molecule is C[C@@](N)(c1ccccc1F)[C@@H]1COC[C@@H]1SCC#N. The zero-order valence-electron chi connectivity index (χ0n) is 10.8. The Kier molecular flexibility index (Phi) is 4.46. The average molecular weight is 280 g/mol. The van der Waals surface area contributed by atoms with Crippen LogP contribution >= 0.6 is 11.8 Å². The molecule has 1 aliphatic rings. The number of nitrogens with two attached hydrogens (primary N) is 1. The lowest BCUT2D eigenvalue weighted by Crippen LogP contribution is -2.46. The number of thioether (sulfide) groups is 1. The van der Waals surface area contributed by atoms with Crippen LogP contribution in [0.2, 0.25) is 0 Å². The maximum atomic E-state index is 13.9. The van der Waals surface area contributed by atoms with Gasteiger partial charge < -0.3 is 10.5 Å². The molecule has 2 rings (SSSR count). The largest absolute Gasteiger partial charge is 0.380 e. The first-order valence-corrected chi connectivity index (χ1v) is 7.22. The summed E-state index contributed by atoms with van der Waals surface area (Å²) in [5.74, 6) is 0.115. The lowest BCUT2D eigenvalue weighted by Gasteiger charge is -2.34. The minimum atomic E-state index is -0.797. The maximum absolute atomic E-state index is 13.9. The molecule has 1 heterocycles. The first-order valence-electron chi connectivity index (χ1n) is 6.17. The van der Waals surface area contributed by atoms with E-state index in [0.29, 0.717) is 24.5 Å². The predicted molar refractivity (Wildman–Crippen MR) is 74.1 cm³/mol. The molecule has 0 unspecified atom stereocenters. The monoisotopic (exact) mass is 280 g/mol. The highest BCUT2D eigenvalue weighted by atomic mass is 32.2. The van der Waals surface area contributed by atoms with Crippen molar-refractivity contribution in [3.8, 4) is 6.07 Å². The van der Waals surface area contributed by atoms with Gasteiger partial charge in [-0.1, -0.05) is 18.2 Å². The first-order chi connectivity index (χ1) is 9.07. The summed E-state index contributed by atoms with van der Waals surface area (Å²) in [6.07, 6.45) is 0. The third-order valence-corrected chi connectivity index (χ3v) is 4.80. The highest BCUT2D eigenvalue weighted by molar-refractivity contribution is 8.00. The van der Waals surface area contributed by atoms with Crippen LogP contribution in [0.5, 0.6) is 0 Å². The molecular formula is C14H17FN2OS. The van der Waals surface area contributed by atoms with Crippen molar-refractivity contribution in [1.29, 1.82) is 5.26 Å². The molecule has 0 bridgehead atoms. The van der Waals surface area contributed by atoms with Gasteiger partial charge in [-0.3, -0.25) is 0 Å². The number of hydrogen-bond acceptors (Lipinski definition) is 4. The Morgan fingerprint density at radius 2 is 2.26 bits per heavy atom. The van der Waals surface area contributed by atoms with Crippen LogP contribution in [0.15, 0.2) is 24.3 Å². The second-order valence-corrected chi connectivity index (χ2v) is 6.14. The number of nitrogens with zero attached hydrogens (tertiary/aromatic N) is 1. The number of rotatable bonds is 4. The molecule has 0 aromatic heterocycles. The van der Waals surface area contributed by atoms with Crippen molar-refractivity contribution in [2.24, 2.45) is 11.7 Å². The molecule has 1 aromatic rings. The van der Waals surface area contributed by atoms with Crippen LogP contribution in [0.3, 0.4) is 0 Å². The number of hydrogen-bond donors (Lipinski definition) is 1. The van der Waals surface area contributed by atoms with Crippen molar-refractivity contribution >= 4 is 11.8 Å². The molecule has 1 saturated heterocycles. The summed E-state index contributed by atoms with van der Waals surface area (Å²) in [5, 5.41) is 8.81. The fourth-order valence-electron chi connectivity index (χ4n) is 2.50. The summed E-state index contributed by atoms with van der Waals surface area (Å²) in [7, 11) is 0. The van der Waals surface area contributed by atoms with Gasteiger partial charge in [0.25, 0.3) is 0 Å². The summed E-state index contributed by atoms with van der Waals surface area (Å²) < 4.78 is 19.4. The fraction of sp³-hybridized carbons (Fsp3) is 0.500. The molecule has 0 saturated carbocycles. The molecule has 102 valence electrons. The topological polar surface area (TPSA) is 59.0 Å². The van der Waals surface area contributed by atoms with E-state index in [2.05, 4.69) is 6.07 Å². The molecule has 19 heavy (non-hydrogen) atoms. The summed E-state index contributed by atoms with van der Waals surface area (Å²) in [4.78, 5) is 0. The van der Waals surface area contributed by atoms with Crippen molar-refractivity contribution in [3.05, 3.63) is 35.6 Å². The van der Waals surface area contributed by atoms with Crippen LogP contribution in [-0.4, -0.2) is 24.2 Å². The van der Waals surface area contributed by atoms with E-state index in [1.807, 2.05) is 6.92 Å². The second-order valence-electron chi connectivity index (χ2n) is 4.91. The van der Waals surface area contributed by atoms with Crippen molar-refractivity contribution in [2.45, 2.75) is 17.7 Å². The predicted octanol–water partition coefficient (Wildman–Crippen LogP) is 2.27. The van der Waals surface area contributed by atoms with Gasteiger partial charge in [-0.05, 0) is 13.0 Å². The van der Waals surface area contributed by atoms with Crippen molar-refractivity contribution in [2.75, 3.05) is 19.0 Å². The van der Waals surface area contributed by atoms with Gasteiger partial charge in [0.15, 0.2) is 0 Å². The molecule has 1 aromatic carbocycles. The van der Waals surface area contributed by atoms with E-state index in [9.17, 15) is 4.39 Å². The molecular weight excluding hydrogens is 263 g/mol. The first kappa shape index (κ1) is 14.3. The molecule has 3 nitrogen and oxygen atoms in total. The molecule has 0 aliphatic carbocycles. The van der Waals surface area contributed by atoms with Crippen LogP contribution in [0.1, 0.15) is 12.5 Å². The van der Waals surface area contributed by atoms with Crippen molar-refractivity contribution < 1.29 is 9.13 Å². The van der Waals surface area contributed by atoms with E-state index < -0.39 is 5.54 Å². The summed E-state index contributed by atoms with van der Waals surface area (Å²) in [6, 6.07) is 8.70. The Balaban J connectivity index is 2.23. The van der Waals surface area contributed by atoms with Gasteiger partial charge in [-0.15, -0.1) is 11.8 Å². The lowest BCUT2D eigenvalue weighted by atomic mass is 9.79. The average Bonchev–Trinajstić information content (AvgIpc) is 2.85. The van der Waals surface area contributed by atoms with Crippen LogP contribution in [-0.2, 0) is 10.3 Å². The van der Waals surface area contributed by atoms with Crippen LogP contribution < -0.4 is 5.73 Å². The molecule has 1 fully saturated rings. The van der Waals surface area contributed by atoms with E-state index in [-0.39, 0.29) is 17.0 Å². The zero-order chi connectivity index (χ0) is 13.9. The van der Waals surface area contributed by atoms with E-state index in [0.717, 1.165) is 0 Å². The van der Waals surface area contributed by atoms with Gasteiger partial charge in [-0.25, -0.2) is 4.39 Å². The Labute approximate surface area is 116 Å². The van der Waals surface area contributed by atoms with Crippen LogP contribution in [0.25, 0.3) is 0 Å². The Bertz CT molecular complexity index is 487. The molecule has 0 amide bonds. The number of halogens is 1. The Morgan fingerprint density at radius 1 is 1.53 bits per heavy atom. The Hall–Kier alpha value is -1.09. The van der Waals surface area contributed by atoms with E-state index in [4.69, 9.17) is 15.7 Å². The number of benzene rings is 1. The van der Waals surface area contributed by atoms with Crippen molar-refractivity contribution in [1.82, 2.24) is 0 Å².